The van der Waals surface area contributed by atoms with Gasteiger partial charge in [-0.05, 0) is 30.5 Å². The molecule has 6 nitrogen and oxygen atoms in total. The molecule has 0 radical (unpaired) electrons. The summed E-state index contributed by atoms with van der Waals surface area (Å²) in [6.45, 7) is 3.63. The summed E-state index contributed by atoms with van der Waals surface area (Å²) in [5.41, 5.74) is 2.06. The van der Waals surface area contributed by atoms with Crippen molar-refractivity contribution in [1.29, 1.82) is 0 Å². The predicted octanol–water partition coefficient (Wildman–Crippen LogP) is 2.55. The quantitative estimate of drug-likeness (QED) is 0.711. The molecule has 0 saturated heterocycles. The van der Waals surface area contributed by atoms with Crippen molar-refractivity contribution in [1.82, 2.24) is 0 Å². The van der Waals surface area contributed by atoms with Gasteiger partial charge in [-0.3, -0.25) is 18.9 Å². The van der Waals surface area contributed by atoms with Crippen molar-refractivity contribution in [2.24, 2.45) is 0 Å². The molecule has 24 heavy (non-hydrogen) atoms. The molecular formula is C17H15NO5S. The van der Waals surface area contributed by atoms with Gasteiger partial charge in [0.2, 0.25) is 0 Å². The van der Waals surface area contributed by atoms with Gasteiger partial charge in [-0.15, -0.1) is 0 Å². The van der Waals surface area contributed by atoms with Crippen molar-refractivity contribution in [3.63, 3.8) is 0 Å². The van der Waals surface area contributed by atoms with Crippen LogP contribution in [0.25, 0.3) is 0 Å². The first-order valence-electron chi connectivity index (χ1n) is 7.34. The molecule has 0 bridgehead atoms. The third-order valence-corrected chi connectivity index (χ3v) is 4.59. The summed E-state index contributed by atoms with van der Waals surface area (Å²) in [6, 6.07) is 7.87. The number of carbonyl (C=O) groups is 2. The van der Waals surface area contributed by atoms with Crippen molar-refractivity contribution in [2.45, 2.75) is 20.3 Å². The van der Waals surface area contributed by atoms with E-state index < -0.39 is 16.1 Å². The average Bonchev–Trinajstić information content (AvgIpc) is 2.50. The van der Waals surface area contributed by atoms with Gasteiger partial charge in [0.15, 0.2) is 11.6 Å². The molecule has 3 rings (SSSR count). The number of nitrogens with one attached hydrogen (secondary N) is 1. The second kappa shape index (κ2) is 5.54. The fraction of sp³-hybridized carbons (Fsp3) is 0.176. The molecule has 0 aromatic heterocycles. The Morgan fingerprint density at radius 1 is 1.00 bits per heavy atom. The van der Waals surface area contributed by atoms with Gasteiger partial charge >= 0.3 is 10.3 Å². The largest absolute Gasteiger partial charge is 0.357 e. The number of anilines is 1. The van der Waals surface area contributed by atoms with E-state index in [1.165, 1.54) is 18.2 Å². The number of aryl methyl sites for hydroxylation is 2. The minimum Gasteiger partial charge on any atom is -0.289 e. The van der Waals surface area contributed by atoms with E-state index in [0.717, 1.165) is 5.56 Å². The summed E-state index contributed by atoms with van der Waals surface area (Å²) in [4.78, 5) is 25.9. The van der Waals surface area contributed by atoms with Gasteiger partial charge in [0.25, 0.3) is 0 Å². The van der Waals surface area contributed by atoms with Crippen molar-refractivity contribution < 1.29 is 22.6 Å². The van der Waals surface area contributed by atoms with Gasteiger partial charge in [0, 0.05) is 16.7 Å². The standard InChI is InChI=1S/C17H15NO5S/c1-3-10-8-7-9(2)13-14(10)16(19)11-5-4-6-12(15(11)17(13)20)18-24(21,22)23/h4-8,18H,3H2,1-2H3,(H,21,22,23). The molecular weight excluding hydrogens is 330 g/mol. The lowest BCUT2D eigenvalue weighted by molar-refractivity contribution is 0.0978. The fourth-order valence-corrected chi connectivity index (χ4v) is 3.51. The third kappa shape index (κ3) is 2.51. The van der Waals surface area contributed by atoms with Crippen LogP contribution >= 0.6 is 0 Å². The summed E-state index contributed by atoms with van der Waals surface area (Å²) in [5.74, 6) is -0.752. The SMILES string of the molecule is CCc1ccc(C)c2c1C(=O)c1cccc(NS(=O)(=O)O)c1C2=O. The first kappa shape index (κ1) is 16.4. The lowest BCUT2D eigenvalue weighted by Crippen LogP contribution is -2.26. The minimum absolute atomic E-state index is 0.0380. The number of carbonyl (C=O) groups excluding carboxylic acids is 2. The number of rotatable bonds is 3. The maximum Gasteiger partial charge on any atom is 0.357 e. The first-order valence-corrected chi connectivity index (χ1v) is 8.78. The molecule has 0 unspecified atom stereocenters. The predicted molar refractivity (Wildman–Crippen MR) is 89.0 cm³/mol. The van der Waals surface area contributed by atoms with E-state index in [4.69, 9.17) is 4.55 Å². The Balaban J connectivity index is 2.32. The van der Waals surface area contributed by atoms with E-state index in [1.807, 2.05) is 17.7 Å². The Labute approximate surface area is 139 Å². The molecule has 124 valence electrons. The molecule has 0 aliphatic heterocycles. The minimum atomic E-state index is -4.57. The van der Waals surface area contributed by atoms with Gasteiger partial charge in [0.05, 0.1) is 11.3 Å². The Kier molecular flexibility index (Phi) is 3.77. The lowest BCUT2D eigenvalue weighted by Gasteiger charge is -2.23. The molecule has 0 spiro atoms. The normalized spacial score (nSPS) is 13.5. The molecule has 2 aromatic rings. The van der Waals surface area contributed by atoms with Crippen LogP contribution in [0.5, 0.6) is 0 Å². The van der Waals surface area contributed by atoms with Gasteiger partial charge < -0.3 is 0 Å². The number of ketones is 2. The fourth-order valence-electron chi connectivity index (χ4n) is 3.07. The summed E-state index contributed by atoms with van der Waals surface area (Å²) in [6.07, 6.45) is 0.597. The highest BCUT2D eigenvalue weighted by molar-refractivity contribution is 7.87. The van der Waals surface area contributed by atoms with Gasteiger partial charge in [0.1, 0.15) is 0 Å². The number of benzene rings is 2. The Bertz CT molecular complexity index is 992. The zero-order valence-corrected chi connectivity index (χ0v) is 13.9. The smallest absolute Gasteiger partial charge is 0.289 e. The van der Waals surface area contributed by atoms with Crippen LogP contribution in [0.4, 0.5) is 5.69 Å². The van der Waals surface area contributed by atoms with Gasteiger partial charge in [-0.25, -0.2) is 0 Å². The summed E-state index contributed by atoms with van der Waals surface area (Å²) >= 11 is 0. The van der Waals surface area contributed by atoms with Gasteiger partial charge in [-0.1, -0.05) is 31.2 Å². The van der Waals surface area contributed by atoms with Crippen molar-refractivity contribution >= 4 is 27.6 Å². The molecule has 1 aliphatic carbocycles. The molecule has 0 amide bonds. The van der Waals surface area contributed by atoms with E-state index in [-0.39, 0.29) is 28.2 Å². The van der Waals surface area contributed by atoms with Crippen LogP contribution in [-0.4, -0.2) is 24.5 Å². The monoisotopic (exact) mass is 345 g/mol. The highest BCUT2D eigenvalue weighted by Crippen LogP contribution is 2.35. The molecule has 0 heterocycles. The van der Waals surface area contributed by atoms with Crippen LogP contribution < -0.4 is 4.72 Å². The van der Waals surface area contributed by atoms with Crippen LogP contribution in [0.15, 0.2) is 30.3 Å². The summed E-state index contributed by atoms with van der Waals surface area (Å²) in [5, 5.41) is 0. The summed E-state index contributed by atoms with van der Waals surface area (Å²) < 4.78 is 33.2. The molecule has 2 aromatic carbocycles. The Morgan fingerprint density at radius 2 is 1.71 bits per heavy atom. The Morgan fingerprint density at radius 3 is 2.33 bits per heavy atom. The molecule has 0 atom stereocenters. The second-order valence-electron chi connectivity index (χ2n) is 5.61. The Hall–Kier alpha value is -2.51. The van der Waals surface area contributed by atoms with Crippen LogP contribution in [0.1, 0.15) is 49.9 Å². The van der Waals surface area contributed by atoms with Crippen LogP contribution in [0.2, 0.25) is 0 Å². The van der Waals surface area contributed by atoms with Crippen LogP contribution in [0.3, 0.4) is 0 Å². The van der Waals surface area contributed by atoms with E-state index in [1.54, 1.807) is 13.0 Å². The zero-order chi connectivity index (χ0) is 17.6. The molecule has 0 saturated carbocycles. The van der Waals surface area contributed by atoms with Crippen molar-refractivity contribution in [3.05, 3.63) is 63.7 Å². The molecule has 2 N–H and O–H groups in total. The topological polar surface area (TPSA) is 101 Å². The van der Waals surface area contributed by atoms with E-state index in [0.29, 0.717) is 17.5 Å². The molecule has 0 fully saturated rings. The molecule has 1 aliphatic rings. The molecule has 7 heteroatoms. The van der Waals surface area contributed by atoms with E-state index in [2.05, 4.69) is 0 Å². The van der Waals surface area contributed by atoms with E-state index >= 15 is 0 Å². The maximum absolute atomic E-state index is 13.0. The number of fused-ring (bicyclic) bond motifs is 2. The van der Waals surface area contributed by atoms with Crippen LogP contribution in [0, 0.1) is 6.92 Å². The highest BCUT2D eigenvalue weighted by Gasteiger charge is 2.34. The van der Waals surface area contributed by atoms with Gasteiger partial charge in [-0.2, -0.15) is 8.42 Å². The number of hydrogen-bond donors (Lipinski definition) is 2. The van der Waals surface area contributed by atoms with Crippen LogP contribution in [-0.2, 0) is 16.7 Å². The number of hydrogen-bond acceptors (Lipinski definition) is 4. The third-order valence-electron chi connectivity index (χ3n) is 4.11. The second-order valence-corrected chi connectivity index (χ2v) is 6.76. The first-order chi connectivity index (χ1) is 11.2. The maximum atomic E-state index is 13.0. The zero-order valence-electron chi connectivity index (χ0n) is 13.1. The summed E-state index contributed by atoms with van der Waals surface area (Å²) in [7, 11) is -4.57. The van der Waals surface area contributed by atoms with Crippen molar-refractivity contribution in [3.8, 4) is 0 Å². The average molecular weight is 345 g/mol. The highest BCUT2D eigenvalue weighted by atomic mass is 32.2. The van der Waals surface area contributed by atoms with E-state index in [9.17, 15) is 18.0 Å². The lowest BCUT2D eigenvalue weighted by atomic mass is 9.79. The van der Waals surface area contributed by atoms with Crippen molar-refractivity contribution in [2.75, 3.05) is 4.72 Å².